The molecule has 4 N–H and O–H groups in total. The molecule has 1 heterocycles. The number of nitrogens with one attached hydrogen (secondary N) is 2. The quantitative estimate of drug-likeness (QED) is 0.688. The summed E-state index contributed by atoms with van der Waals surface area (Å²) in [5.41, 5.74) is 6.51. The maximum absolute atomic E-state index is 12.1. The first kappa shape index (κ1) is 14.3. The molecule has 1 aliphatic heterocycles. The monoisotopic (exact) mass is 303 g/mol. The molecule has 0 fully saturated rings. The summed E-state index contributed by atoms with van der Waals surface area (Å²) < 4.78 is 26.6. The molecule has 0 unspecified atom stereocenters. The van der Waals surface area contributed by atoms with E-state index in [0.717, 1.165) is 0 Å². The average molecular weight is 304 g/mol. The van der Waals surface area contributed by atoms with E-state index >= 15 is 0 Å². The van der Waals surface area contributed by atoms with Gasteiger partial charge in [-0.05, 0) is 30.7 Å². The molecule has 2 rings (SSSR count). The Kier molecular flexibility index (Phi) is 4.10. The van der Waals surface area contributed by atoms with Crippen LogP contribution < -0.4 is 15.8 Å². The number of sulfonamides is 1. The van der Waals surface area contributed by atoms with Gasteiger partial charge in [-0.2, -0.15) is 0 Å². The lowest BCUT2D eigenvalue weighted by Crippen LogP contribution is -2.26. The zero-order valence-corrected chi connectivity index (χ0v) is 11.6. The molecule has 0 bridgehead atoms. The fraction of sp³-hybridized carbons (Fsp3) is 0.364. The van der Waals surface area contributed by atoms with Crippen LogP contribution in [0, 0.1) is 0 Å². The number of hydrogen-bond donors (Lipinski definition) is 3. The molecule has 104 valence electrons. The standard InChI is InChI=1S/C11H14ClN3O3S/c12-8-6-9-7(5-11(16)15-9)4-10(8)19(17,18)14-3-1-2-13/h4,6,14H,1-3,5,13H2,(H,15,16). The highest BCUT2D eigenvalue weighted by Crippen LogP contribution is 2.32. The number of halogens is 1. The summed E-state index contributed by atoms with van der Waals surface area (Å²) in [4.78, 5) is 11.2. The van der Waals surface area contributed by atoms with Crippen LogP contribution in [0.5, 0.6) is 0 Å². The third kappa shape index (κ3) is 3.06. The summed E-state index contributed by atoms with van der Waals surface area (Å²) in [7, 11) is -3.68. The van der Waals surface area contributed by atoms with Gasteiger partial charge in [0.2, 0.25) is 15.9 Å². The van der Waals surface area contributed by atoms with Gasteiger partial charge in [-0.15, -0.1) is 0 Å². The van der Waals surface area contributed by atoms with Gasteiger partial charge in [0.1, 0.15) is 4.90 Å². The maximum atomic E-state index is 12.1. The fourth-order valence-electron chi connectivity index (χ4n) is 1.82. The Labute approximate surface area is 116 Å². The lowest BCUT2D eigenvalue weighted by Gasteiger charge is -2.09. The minimum Gasteiger partial charge on any atom is -0.330 e. The molecule has 0 atom stereocenters. The van der Waals surface area contributed by atoms with E-state index in [0.29, 0.717) is 24.2 Å². The predicted octanol–water partition coefficient (Wildman–Crippen LogP) is 0.462. The number of amides is 1. The van der Waals surface area contributed by atoms with E-state index in [4.69, 9.17) is 17.3 Å². The molecule has 1 aromatic rings. The van der Waals surface area contributed by atoms with E-state index in [1.807, 2.05) is 0 Å². The van der Waals surface area contributed by atoms with Crippen molar-refractivity contribution in [3.63, 3.8) is 0 Å². The van der Waals surface area contributed by atoms with Crippen molar-refractivity contribution in [3.05, 3.63) is 22.7 Å². The summed E-state index contributed by atoms with van der Waals surface area (Å²) in [6.07, 6.45) is 0.708. The van der Waals surface area contributed by atoms with Gasteiger partial charge in [-0.25, -0.2) is 13.1 Å². The lowest BCUT2D eigenvalue weighted by atomic mass is 10.2. The van der Waals surface area contributed by atoms with E-state index in [2.05, 4.69) is 10.0 Å². The second-order valence-corrected chi connectivity index (χ2v) is 6.35. The van der Waals surface area contributed by atoms with E-state index in [1.54, 1.807) is 0 Å². The molecule has 19 heavy (non-hydrogen) atoms. The summed E-state index contributed by atoms with van der Waals surface area (Å²) in [6, 6.07) is 2.89. The van der Waals surface area contributed by atoms with Gasteiger partial charge in [-0.3, -0.25) is 4.79 Å². The zero-order chi connectivity index (χ0) is 14.0. The second-order valence-electron chi connectivity index (χ2n) is 4.20. The van der Waals surface area contributed by atoms with Crippen LogP contribution in [0.4, 0.5) is 5.69 Å². The van der Waals surface area contributed by atoms with Crippen LogP contribution in [0.2, 0.25) is 5.02 Å². The molecule has 1 aliphatic rings. The minimum absolute atomic E-state index is 0.0126. The number of carbonyl (C=O) groups excluding carboxylic acids is 1. The lowest BCUT2D eigenvalue weighted by molar-refractivity contribution is -0.115. The highest BCUT2D eigenvalue weighted by molar-refractivity contribution is 7.89. The molecular formula is C11H14ClN3O3S. The van der Waals surface area contributed by atoms with Gasteiger partial charge in [0.25, 0.3) is 0 Å². The normalized spacial score (nSPS) is 14.3. The number of fused-ring (bicyclic) bond motifs is 1. The van der Waals surface area contributed by atoms with E-state index in [-0.39, 0.29) is 28.8 Å². The summed E-state index contributed by atoms with van der Waals surface area (Å²) in [5.74, 6) is -0.170. The molecule has 0 saturated carbocycles. The van der Waals surface area contributed by atoms with Crippen LogP contribution >= 0.6 is 11.6 Å². The third-order valence-electron chi connectivity index (χ3n) is 2.75. The van der Waals surface area contributed by atoms with Crippen LogP contribution in [-0.4, -0.2) is 27.4 Å². The van der Waals surface area contributed by atoms with Crippen molar-refractivity contribution in [2.75, 3.05) is 18.4 Å². The van der Waals surface area contributed by atoms with Gasteiger partial charge in [-0.1, -0.05) is 11.6 Å². The molecule has 0 radical (unpaired) electrons. The van der Waals surface area contributed by atoms with Gasteiger partial charge in [0, 0.05) is 12.2 Å². The largest absolute Gasteiger partial charge is 0.330 e. The Bertz CT molecular complexity index is 616. The molecule has 6 nitrogen and oxygen atoms in total. The third-order valence-corrected chi connectivity index (χ3v) is 4.67. The van der Waals surface area contributed by atoms with Gasteiger partial charge in [0.05, 0.1) is 11.4 Å². The first-order valence-corrected chi connectivity index (χ1v) is 7.62. The Morgan fingerprint density at radius 3 is 2.84 bits per heavy atom. The number of nitrogens with two attached hydrogens (primary N) is 1. The Morgan fingerprint density at radius 2 is 2.16 bits per heavy atom. The Balaban J connectivity index is 2.30. The minimum atomic E-state index is -3.68. The van der Waals surface area contributed by atoms with Gasteiger partial charge >= 0.3 is 0 Å². The first-order valence-electron chi connectivity index (χ1n) is 5.76. The highest BCUT2D eigenvalue weighted by atomic mass is 35.5. The number of anilines is 1. The Morgan fingerprint density at radius 1 is 1.42 bits per heavy atom. The summed E-state index contributed by atoms with van der Waals surface area (Å²) in [5, 5.41) is 2.70. The molecular weight excluding hydrogens is 290 g/mol. The van der Waals surface area contributed by atoms with Crippen LogP contribution in [0.15, 0.2) is 17.0 Å². The van der Waals surface area contributed by atoms with Crippen molar-refractivity contribution in [2.24, 2.45) is 5.73 Å². The number of carbonyl (C=O) groups is 1. The summed E-state index contributed by atoms with van der Waals surface area (Å²) in [6.45, 7) is 0.655. The SMILES string of the molecule is NCCCNS(=O)(=O)c1cc2c(cc1Cl)NC(=O)C2. The molecule has 0 aliphatic carbocycles. The molecule has 1 aromatic carbocycles. The van der Waals surface area contributed by atoms with Crippen molar-refractivity contribution in [1.29, 1.82) is 0 Å². The predicted molar refractivity (Wildman–Crippen MR) is 72.6 cm³/mol. The van der Waals surface area contributed by atoms with E-state index in [9.17, 15) is 13.2 Å². The van der Waals surface area contributed by atoms with Crippen LogP contribution in [0.3, 0.4) is 0 Å². The second kappa shape index (κ2) is 5.46. The molecule has 0 aromatic heterocycles. The number of hydrogen-bond acceptors (Lipinski definition) is 4. The van der Waals surface area contributed by atoms with Crippen LogP contribution in [-0.2, 0) is 21.2 Å². The van der Waals surface area contributed by atoms with Crippen molar-refractivity contribution < 1.29 is 13.2 Å². The molecule has 8 heteroatoms. The van der Waals surface area contributed by atoms with Crippen molar-refractivity contribution >= 4 is 33.2 Å². The first-order chi connectivity index (χ1) is 8.94. The van der Waals surface area contributed by atoms with Crippen molar-refractivity contribution in [2.45, 2.75) is 17.7 Å². The molecule has 0 spiro atoms. The van der Waals surface area contributed by atoms with Gasteiger partial charge < -0.3 is 11.1 Å². The summed E-state index contributed by atoms with van der Waals surface area (Å²) >= 11 is 5.96. The molecule has 1 amide bonds. The Hall–Kier alpha value is -1.15. The topological polar surface area (TPSA) is 101 Å². The highest BCUT2D eigenvalue weighted by Gasteiger charge is 2.24. The van der Waals surface area contributed by atoms with Crippen molar-refractivity contribution in [1.82, 2.24) is 4.72 Å². The average Bonchev–Trinajstić information content (AvgIpc) is 2.67. The zero-order valence-electron chi connectivity index (χ0n) is 10.1. The fourth-order valence-corrected chi connectivity index (χ4v) is 3.47. The van der Waals surface area contributed by atoms with Crippen LogP contribution in [0.1, 0.15) is 12.0 Å². The molecule has 0 saturated heterocycles. The maximum Gasteiger partial charge on any atom is 0.242 e. The van der Waals surface area contributed by atoms with Gasteiger partial charge in [0.15, 0.2) is 0 Å². The van der Waals surface area contributed by atoms with E-state index in [1.165, 1.54) is 12.1 Å². The van der Waals surface area contributed by atoms with E-state index < -0.39 is 10.0 Å². The number of benzene rings is 1. The van der Waals surface area contributed by atoms with Crippen LogP contribution in [0.25, 0.3) is 0 Å². The van der Waals surface area contributed by atoms with Crippen molar-refractivity contribution in [3.8, 4) is 0 Å². The number of rotatable bonds is 5. The smallest absolute Gasteiger partial charge is 0.242 e.